The van der Waals surface area contributed by atoms with E-state index in [0.717, 1.165) is 12.8 Å². The molecule has 2 fully saturated rings. The zero-order valence-corrected chi connectivity index (χ0v) is 10.6. The molecule has 1 aliphatic carbocycles. The Morgan fingerprint density at radius 3 is 2.61 bits per heavy atom. The highest BCUT2D eigenvalue weighted by Gasteiger charge is 2.40. The van der Waals surface area contributed by atoms with E-state index in [1.807, 2.05) is 0 Å². The standard InChI is InChI=1S/C12H20N2O4/c1-12(3-2-4-12)7-13-11(18)14-6-8(15)5-9(14)10(16)17/h8-9,15H,2-7H2,1H3,(H,13,18)(H,16,17)/t8-,9+/m1/s1. The monoisotopic (exact) mass is 256 g/mol. The van der Waals surface area contributed by atoms with E-state index in [1.54, 1.807) is 0 Å². The van der Waals surface area contributed by atoms with Gasteiger partial charge in [0.2, 0.25) is 0 Å². The minimum Gasteiger partial charge on any atom is -0.480 e. The number of nitrogens with one attached hydrogen (secondary N) is 1. The number of aliphatic hydroxyl groups excluding tert-OH is 1. The second kappa shape index (κ2) is 4.76. The second-order valence-electron chi connectivity index (χ2n) is 5.72. The topological polar surface area (TPSA) is 89.9 Å². The van der Waals surface area contributed by atoms with Crippen LogP contribution in [0.5, 0.6) is 0 Å². The van der Waals surface area contributed by atoms with Gasteiger partial charge in [-0.1, -0.05) is 13.3 Å². The van der Waals surface area contributed by atoms with Crippen LogP contribution in [-0.2, 0) is 4.79 Å². The molecule has 0 aromatic heterocycles. The molecule has 0 aromatic rings. The predicted octanol–water partition coefficient (Wildman–Crippen LogP) is 0.406. The van der Waals surface area contributed by atoms with Crippen molar-refractivity contribution >= 4 is 12.0 Å². The SMILES string of the molecule is CC1(CNC(=O)N2C[C@H](O)C[C@H]2C(=O)O)CCC1. The van der Waals surface area contributed by atoms with Crippen molar-refractivity contribution in [1.29, 1.82) is 0 Å². The van der Waals surface area contributed by atoms with Crippen molar-refractivity contribution in [2.24, 2.45) is 5.41 Å². The van der Waals surface area contributed by atoms with E-state index in [0.29, 0.717) is 6.54 Å². The smallest absolute Gasteiger partial charge is 0.326 e. The van der Waals surface area contributed by atoms with Crippen molar-refractivity contribution in [3.8, 4) is 0 Å². The third-order valence-electron chi connectivity index (χ3n) is 4.05. The minimum atomic E-state index is -1.06. The highest BCUT2D eigenvalue weighted by atomic mass is 16.4. The molecule has 0 aromatic carbocycles. The van der Waals surface area contributed by atoms with Crippen LogP contribution in [0.4, 0.5) is 4.79 Å². The van der Waals surface area contributed by atoms with Crippen LogP contribution in [0.3, 0.4) is 0 Å². The maximum absolute atomic E-state index is 11.9. The second-order valence-corrected chi connectivity index (χ2v) is 5.72. The first-order valence-electron chi connectivity index (χ1n) is 6.37. The van der Waals surface area contributed by atoms with Gasteiger partial charge in [0.1, 0.15) is 6.04 Å². The van der Waals surface area contributed by atoms with E-state index in [4.69, 9.17) is 5.11 Å². The first-order chi connectivity index (χ1) is 8.41. The third kappa shape index (κ3) is 2.58. The van der Waals surface area contributed by atoms with E-state index in [2.05, 4.69) is 12.2 Å². The quantitative estimate of drug-likeness (QED) is 0.682. The summed E-state index contributed by atoms with van der Waals surface area (Å²) in [5.41, 5.74) is 0.159. The molecular formula is C12H20N2O4. The Bertz CT molecular complexity index is 354. The van der Waals surface area contributed by atoms with Crippen LogP contribution in [0.15, 0.2) is 0 Å². The Morgan fingerprint density at radius 2 is 2.11 bits per heavy atom. The Balaban J connectivity index is 1.89. The van der Waals surface area contributed by atoms with Crippen molar-refractivity contribution in [2.75, 3.05) is 13.1 Å². The molecule has 2 aliphatic rings. The van der Waals surface area contributed by atoms with Gasteiger partial charge in [0, 0.05) is 19.5 Å². The van der Waals surface area contributed by atoms with Gasteiger partial charge in [0.15, 0.2) is 0 Å². The summed E-state index contributed by atoms with van der Waals surface area (Å²) in [7, 11) is 0. The Kier molecular flexibility index (Phi) is 3.47. The van der Waals surface area contributed by atoms with Crippen LogP contribution in [0.25, 0.3) is 0 Å². The highest BCUT2D eigenvalue weighted by Crippen LogP contribution is 2.39. The molecule has 1 aliphatic heterocycles. The molecule has 2 amide bonds. The zero-order valence-electron chi connectivity index (χ0n) is 10.6. The Morgan fingerprint density at radius 1 is 1.44 bits per heavy atom. The molecule has 6 nitrogen and oxygen atoms in total. The summed E-state index contributed by atoms with van der Waals surface area (Å²) in [6.07, 6.45) is 2.75. The van der Waals surface area contributed by atoms with Crippen LogP contribution < -0.4 is 5.32 Å². The molecule has 102 valence electrons. The van der Waals surface area contributed by atoms with E-state index in [9.17, 15) is 14.7 Å². The van der Waals surface area contributed by atoms with Crippen molar-refractivity contribution in [1.82, 2.24) is 10.2 Å². The summed E-state index contributed by atoms with van der Waals surface area (Å²) in [4.78, 5) is 24.1. The zero-order chi connectivity index (χ0) is 13.3. The van der Waals surface area contributed by atoms with E-state index in [-0.39, 0.29) is 24.4 Å². The average molecular weight is 256 g/mol. The fourth-order valence-electron chi connectivity index (χ4n) is 2.62. The lowest BCUT2D eigenvalue weighted by atomic mass is 9.70. The number of carboxylic acid groups (broad SMARTS) is 1. The van der Waals surface area contributed by atoms with Crippen LogP contribution >= 0.6 is 0 Å². The van der Waals surface area contributed by atoms with Crippen LogP contribution in [-0.4, -0.2) is 52.3 Å². The molecule has 6 heteroatoms. The summed E-state index contributed by atoms with van der Waals surface area (Å²) >= 11 is 0. The van der Waals surface area contributed by atoms with Gasteiger partial charge in [-0.15, -0.1) is 0 Å². The molecule has 3 N–H and O–H groups in total. The van der Waals surface area contributed by atoms with Gasteiger partial charge < -0.3 is 20.4 Å². The normalized spacial score (nSPS) is 29.8. The van der Waals surface area contributed by atoms with Crippen molar-refractivity contribution in [3.05, 3.63) is 0 Å². The predicted molar refractivity (Wildman–Crippen MR) is 64.1 cm³/mol. The Labute approximate surface area is 106 Å². The molecule has 0 unspecified atom stereocenters. The van der Waals surface area contributed by atoms with E-state index >= 15 is 0 Å². The molecule has 1 heterocycles. The summed E-state index contributed by atoms with van der Waals surface area (Å²) < 4.78 is 0. The largest absolute Gasteiger partial charge is 0.480 e. The fourth-order valence-corrected chi connectivity index (χ4v) is 2.62. The molecule has 0 spiro atoms. The van der Waals surface area contributed by atoms with E-state index < -0.39 is 18.1 Å². The molecule has 18 heavy (non-hydrogen) atoms. The number of carbonyl (C=O) groups is 2. The average Bonchev–Trinajstić information content (AvgIpc) is 2.66. The van der Waals surface area contributed by atoms with Crippen LogP contribution in [0.1, 0.15) is 32.6 Å². The summed E-state index contributed by atoms with van der Waals surface area (Å²) in [6.45, 7) is 2.79. The van der Waals surface area contributed by atoms with Crippen molar-refractivity contribution < 1.29 is 19.8 Å². The molecular weight excluding hydrogens is 236 g/mol. The summed E-state index contributed by atoms with van der Waals surface area (Å²) in [5.74, 6) is -1.06. The molecule has 1 saturated carbocycles. The lowest BCUT2D eigenvalue weighted by Gasteiger charge is -2.38. The molecule has 2 atom stereocenters. The number of hydrogen-bond acceptors (Lipinski definition) is 3. The van der Waals surface area contributed by atoms with Crippen molar-refractivity contribution in [3.63, 3.8) is 0 Å². The first-order valence-corrected chi connectivity index (χ1v) is 6.37. The number of nitrogens with zero attached hydrogens (tertiary/aromatic N) is 1. The van der Waals surface area contributed by atoms with Crippen molar-refractivity contribution in [2.45, 2.75) is 44.8 Å². The van der Waals surface area contributed by atoms with Gasteiger partial charge in [-0.05, 0) is 18.3 Å². The summed E-state index contributed by atoms with van der Waals surface area (Å²) in [5, 5.41) is 21.3. The molecule has 1 saturated heterocycles. The number of aliphatic hydroxyl groups is 1. The number of carboxylic acids is 1. The summed E-state index contributed by atoms with van der Waals surface area (Å²) in [6, 6.07) is -1.29. The maximum atomic E-state index is 11.9. The molecule has 0 radical (unpaired) electrons. The number of urea groups is 1. The van der Waals surface area contributed by atoms with E-state index in [1.165, 1.54) is 11.3 Å². The van der Waals surface area contributed by atoms with Gasteiger partial charge in [-0.2, -0.15) is 0 Å². The lowest BCUT2D eigenvalue weighted by Crippen LogP contribution is -2.49. The lowest BCUT2D eigenvalue weighted by molar-refractivity contribution is -0.141. The number of carbonyl (C=O) groups excluding carboxylic acids is 1. The highest BCUT2D eigenvalue weighted by molar-refractivity contribution is 5.83. The number of likely N-dealkylation sites (tertiary alicyclic amines) is 1. The first kappa shape index (κ1) is 13.1. The third-order valence-corrected chi connectivity index (χ3v) is 4.05. The number of aliphatic carboxylic acids is 1. The van der Waals surface area contributed by atoms with Crippen LogP contribution in [0, 0.1) is 5.41 Å². The van der Waals surface area contributed by atoms with Gasteiger partial charge in [-0.3, -0.25) is 0 Å². The number of β-amino-alcohol motifs (C(OH)–C–C–N with tert-alkyl or cyclic N) is 1. The van der Waals surface area contributed by atoms with Gasteiger partial charge >= 0.3 is 12.0 Å². The molecule has 0 bridgehead atoms. The van der Waals surface area contributed by atoms with Gasteiger partial charge in [0.25, 0.3) is 0 Å². The fraction of sp³-hybridized carbons (Fsp3) is 0.833. The van der Waals surface area contributed by atoms with Gasteiger partial charge in [0.05, 0.1) is 6.10 Å². The van der Waals surface area contributed by atoms with Crippen LogP contribution in [0.2, 0.25) is 0 Å². The number of rotatable bonds is 3. The Hall–Kier alpha value is -1.30. The number of hydrogen-bond donors (Lipinski definition) is 3. The minimum absolute atomic E-state index is 0.0967. The molecule has 2 rings (SSSR count). The van der Waals surface area contributed by atoms with Gasteiger partial charge in [-0.25, -0.2) is 9.59 Å². The maximum Gasteiger partial charge on any atom is 0.326 e. The number of amides is 2.